The third-order valence-corrected chi connectivity index (χ3v) is 3.86. The average molecular weight is 318 g/mol. The van der Waals surface area contributed by atoms with Crippen molar-refractivity contribution in [2.45, 2.75) is 53.0 Å². The lowest BCUT2D eigenvalue weighted by molar-refractivity contribution is -0.140. The van der Waals surface area contributed by atoms with E-state index in [1.165, 1.54) is 5.56 Å². The zero-order valence-electron chi connectivity index (χ0n) is 14.8. The Morgan fingerprint density at radius 3 is 2.30 bits per heavy atom. The number of nitrogens with zero attached hydrogens (tertiary/aromatic N) is 1. The quantitative estimate of drug-likeness (QED) is 0.761. The van der Waals surface area contributed by atoms with Crippen molar-refractivity contribution in [3.63, 3.8) is 0 Å². The van der Waals surface area contributed by atoms with Gasteiger partial charge in [-0.3, -0.25) is 9.59 Å². The SMILES string of the molecule is CCC(=O)N(CCc1ccccc1)C(CC)C(=O)NCC(C)C. The van der Waals surface area contributed by atoms with Gasteiger partial charge in [-0.1, -0.05) is 58.0 Å². The summed E-state index contributed by atoms with van der Waals surface area (Å²) in [7, 11) is 0. The van der Waals surface area contributed by atoms with E-state index in [-0.39, 0.29) is 17.9 Å². The Bertz CT molecular complexity index is 485. The Labute approximate surface area is 140 Å². The van der Waals surface area contributed by atoms with Gasteiger partial charge in [0.15, 0.2) is 0 Å². The molecule has 1 unspecified atom stereocenters. The van der Waals surface area contributed by atoms with E-state index >= 15 is 0 Å². The lowest BCUT2D eigenvalue weighted by Gasteiger charge is -2.30. The Hall–Kier alpha value is -1.84. The normalized spacial score (nSPS) is 12.0. The minimum atomic E-state index is -0.384. The summed E-state index contributed by atoms with van der Waals surface area (Å²) < 4.78 is 0. The summed E-state index contributed by atoms with van der Waals surface area (Å²) in [5.41, 5.74) is 1.18. The van der Waals surface area contributed by atoms with Crippen LogP contribution in [0.1, 0.15) is 46.1 Å². The number of amides is 2. The molecule has 0 saturated heterocycles. The molecule has 1 rings (SSSR count). The molecule has 4 heteroatoms. The molecule has 1 aromatic carbocycles. The van der Waals surface area contributed by atoms with Gasteiger partial charge in [0.2, 0.25) is 11.8 Å². The molecule has 0 aliphatic rings. The smallest absolute Gasteiger partial charge is 0.242 e. The van der Waals surface area contributed by atoms with Crippen molar-refractivity contribution >= 4 is 11.8 Å². The minimum Gasteiger partial charge on any atom is -0.354 e. The summed E-state index contributed by atoms with van der Waals surface area (Å²) in [6, 6.07) is 9.68. The van der Waals surface area contributed by atoms with Gasteiger partial charge in [0, 0.05) is 19.5 Å². The van der Waals surface area contributed by atoms with E-state index in [0.29, 0.717) is 31.8 Å². The van der Waals surface area contributed by atoms with Crippen LogP contribution in [0.2, 0.25) is 0 Å². The van der Waals surface area contributed by atoms with Gasteiger partial charge in [-0.2, -0.15) is 0 Å². The lowest BCUT2D eigenvalue weighted by Crippen LogP contribution is -2.50. The van der Waals surface area contributed by atoms with Gasteiger partial charge < -0.3 is 10.2 Å². The van der Waals surface area contributed by atoms with E-state index in [1.807, 2.05) is 44.2 Å². The molecule has 1 N–H and O–H groups in total. The van der Waals surface area contributed by atoms with E-state index in [9.17, 15) is 9.59 Å². The number of rotatable bonds is 9. The Morgan fingerprint density at radius 1 is 1.13 bits per heavy atom. The summed E-state index contributed by atoms with van der Waals surface area (Å²) in [5.74, 6) is 0.389. The van der Waals surface area contributed by atoms with Crippen molar-refractivity contribution in [2.24, 2.45) is 5.92 Å². The van der Waals surface area contributed by atoms with Crippen molar-refractivity contribution in [3.05, 3.63) is 35.9 Å². The lowest BCUT2D eigenvalue weighted by atomic mass is 10.1. The molecular formula is C19H30N2O2. The second kappa shape index (κ2) is 10.0. The summed E-state index contributed by atoms with van der Waals surface area (Å²) in [6.07, 6.45) is 1.81. The zero-order chi connectivity index (χ0) is 17.2. The first-order valence-corrected chi connectivity index (χ1v) is 8.60. The van der Waals surface area contributed by atoms with Crippen LogP contribution in [0.4, 0.5) is 0 Å². The Morgan fingerprint density at radius 2 is 1.78 bits per heavy atom. The molecule has 0 aromatic heterocycles. The van der Waals surface area contributed by atoms with Crippen LogP contribution in [0.25, 0.3) is 0 Å². The average Bonchev–Trinajstić information content (AvgIpc) is 2.56. The summed E-state index contributed by atoms with van der Waals surface area (Å²) in [4.78, 5) is 26.5. The van der Waals surface area contributed by atoms with Crippen LogP contribution in [-0.2, 0) is 16.0 Å². The van der Waals surface area contributed by atoms with Crippen molar-refractivity contribution < 1.29 is 9.59 Å². The molecule has 128 valence electrons. The number of hydrogen-bond donors (Lipinski definition) is 1. The van der Waals surface area contributed by atoms with Crippen LogP contribution >= 0.6 is 0 Å². The molecule has 4 nitrogen and oxygen atoms in total. The highest BCUT2D eigenvalue weighted by Crippen LogP contribution is 2.10. The standard InChI is InChI=1S/C19H30N2O2/c1-5-17(19(23)20-14-15(3)4)21(18(22)6-2)13-12-16-10-8-7-9-11-16/h7-11,15,17H,5-6,12-14H2,1-4H3,(H,20,23). The summed E-state index contributed by atoms with van der Waals surface area (Å²) in [6.45, 7) is 9.14. The third kappa shape index (κ3) is 6.43. The maximum atomic E-state index is 12.4. The molecule has 0 spiro atoms. The van der Waals surface area contributed by atoms with Crippen LogP contribution in [0.15, 0.2) is 30.3 Å². The fraction of sp³-hybridized carbons (Fsp3) is 0.579. The van der Waals surface area contributed by atoms with E-state index in [2.05, 4.69) is 19.2 Å². The fourth-order valence-corrected chi connectivity index (χ4v) is 2.52. The van der Waals surface area contributed by atoms with Gasteiger partial charge in [-0.15, -0.1) is 0 Å². The van der Waals surface area contributed by atoms with Crippen molar-refractivity contribution in [3.8, 4) is 0 Å². The number of nitrogens with one attached hydrogen (secondary N) is 1. The van der Waals surface area contributed by atoms with E-state index < -0.39 is 0 Å². The molecular weight excluding hydrogens is 288 g/mol. The van der Waals surface area contributed by atoms with Gasteiger partial charge in [0.05, 0.1) is 0 Å². The van der Waals surface area contributed by atoms with E-state index in [0.717, 1.165) is 6.42 Å². The van der Waals surface area contributed by atoms with Crippen molar-refractivity contribution in [1.82, 2.24) is 10.2 Å². The van der Waals surface area contributed by atoms with Gasteiger partial charge >= 0.3 is 0 Å². The van der Waals surface area contributed by atoms with E-state index in [4.69, 9.17) is 0 Å². The molecule has 23 heavy (non-hydrogen) atoms. The second-order valence-electron chi connectivity index (χ2n) is 6.24. The molecule has 1 aromatic rings. The third-order valence-electron chi connectivity index (χ3n) is 3.86. The maximum Gasteiger partial charge on any atom is 0.242 e. The molecule has 0 fully saturated rings. The Balaban J connectivity index is 2.77. The highest BCUT2D eigenvalue weighted by Gasteiger charge is 2.27. The largest absolute Gasteiger partial charge is 0.354 e. The predicted molar refractivity (Wildman–Crippen MR) is 94.1 cm³/mol. The first kappa shape index (κ1) is 19.2. The van der Waals surface area contributed by atoms with Crippen LogP contribution in [0.3, 0.4) is 0 Å². The maximum absolute atomic E-state index is 12.4. The number of carbonyl (C=O) groups is 2. The summed E-state index contributed by atoms with van der Waals surface area (Å²) >= 11 is 0. The molecule has 0 aliphatic heterocycles. The minimum absolute atomic E-state index is 0.0347. The fourth-order valence-electron chi connectivity index (χ4n) is 2.52. The van der Waals surface area contributed by atoms with Crippen molar-refractivity contribution in [1.29, 1.82) is 0 Å². The van der Waals surface area contributed by atoms with Gasteiger partial charge in [-0.05, 0) is 24.3 Å². The van der Waals surface area contributed by atoms with Gasteiger partial charge in [0.25, 0.3) is 0 Å². The van der Waals surface area contributed by atoms with E-state index in [1.54, 1.807) is 4.90 Å². The van der Waals surface area contributed by atoms with Crippen LogP contribution < -0.4 is 5.32 Å². The highest BCUT2D eigenvalue weighted by molar-refractivity contribution is 5.87. The first-order valence-electron chi connectivity index (χ1n) is 8.60. The predicted octanol–water partition coefficient (Wildman–Crippen LogP) is 3.02. The van der Waals surface area contributed by atoms with Crippen molar-refractivity contribution in [2.75, 3.05) is 13.1 Å². The number of benzene rings is 1. The van der Waals surface area contributed by atoms with Gasteiger partial charge in [0.1, 0.15) is 6.04 Å². The number of hydrogen-bond acceptors (Lipinski definition) is 2. The second-order valence-corrected chi connectivity index (χ2v) is 6.24. The van der Waals surface area contributed by atoms with Crippen LogP contribution in [-0.4, -0.2) is 35.8 Å². The Kier molecular flexibility index (Phi) is 8.38. The molecule has 0 radical (unpaired) electrons. The monoisotopic (exact) mass is 318 g/mol. The molecule has 1 atom stereocenters. The molecule has 0 heterocycles. The number of carbonyl (C=O) groups excluding carboxylic acids is 2. The zero-order valence-corrected chi connectivity index (χ0v) is 14.8. The molecule has 0 aliphatic carbocycles. The molecule has 2 amide bonds. The van der Waals surface area contributed by atoms with Crippen LogP contribution in [0, 0.1) is 5.92 Å². The first-order chi connectivity index (χ1) is 11.0. The molecule has 0 bridgehead atoms. The molecule has 0 saturated carbocycles. The van der Waals surface area contributed by atoms with Crippen LogP contribution in [0.5, 0.6) is 0 Å². The summed E-state index contributed by atoms with van der Waals surface area (Å²) in [5, 5.41) is 2.96. The topological polar surface area (TPSA) is 49.4 Å². The van der Waals surface area contributed by atoms with Gasteiger partial charge in [-0.25, -0.2) is 0 Å². The highest BCUT2D eigenvalue weighted by atomic mass is 16.2.